The molecular weight excluding hydrogens is 75.1 g/mol. The van der Waals surface area contributed by atoms with Crippen LogP contribution in [0.1, 0.15) is 0 Å². The molecule has 0 rings (SSSR count). The molecule has 0 aromatic heterocycles. The Bertz CT molecular complexity index is 39.2. The van der Waals surface area contributed by atoms with Crippen LogP contribution < -0.4 is 0 Å². The van der Waals surface area contributed by atoms with Crippen molar-refractivity contribution < 1.29 is 0 Å². The molecule has 36 valence electrons. The first-order chi connectivity index (χ1) is 2.77. The van der Waals surface area contributed by atoms with Gasteiger partial charge in [0.2, 0.25) is 0 Å². The third-order valence-electron chi connectivity index (χ3n) is 0.494. The largest absolute Gasteiger partial charge is 0.306 e. The summed E-state index contributed by atoms with van der Waals surface area (Å²) >= 11 is 0. The fourth-order valence-corrected chi connectivity index (χ4v) is 0.258. The van der Waals surface area contributed by atoms with Crippen molar-refractivity contribution >= 4 is 0 Å². The predicted molar refractivity (Wildman–Crippen MR) is 28.8 cm³/mol. The highest BCUT2D eigenvalue weighted by Crippen LogP contribution is 1.69. The normalized spacial score (nSPS) is 9.17. The van der Waals surface area contributed by atoms with E-state index in [0.717, 1.165) is 6.54 Å². The molecule has 0 amide bonds. The van der Waals surface area contributed by atoms with Crippen molar-refractivity contribution in [1.29, 1.82) is 0 Å². The highest BCUT2D eigenvalue weighted by atomic mass is 15.1. The van der Waals surface area contributed by atoms with Crippen LogP contribution in [0.2, 0.25) is 0 Å². The molecule has 6 heavy (non-hydrogen) atoms. The standard InChI is InChI=1S/C5H11N/c1-4-5-6(2)3/h4H,1,5H2,2-3H3/i2+1. The minimum absolute atomic E-state index is 0.972. The molecule has 0 saturated heterocycles. The molecule has 0 atom stereocenters. The first-order valence-electron chi connectivity index (χ1n) is 2.03. The van der Waals surface area contributed by atoms with Crippen LogP contribution >= 0.6 is 0 Å². The molecule has 0 aliphatic carbocycles. The molecule has 1 nitrogen and oxygen atoms in total. The summed E-state index contributed by atoms with van der Waals surface area (Å²) in [5, 5.41) is 0. The molecule has 0 saturated carbocycles. The van der Waals surface area contributed by atoms with Gasteiger partial charge in [-0.25, -0.2) is 0 Å². The molecule has 0 aliphatic rings. The average molecular weight is 86.1 g/mol. The van der Waals surface area contributed by atoms with Gasteiger partial charge in [-0.1, -0.05) is 6.08 Å². The molecule has 0 spiro atoms. The number of rotatable bonds is 2. The second-order valence-corrected chi connectivity index (χ2v) is 1.55. The van der Waals surface area contributed by atoms with Gasteiger partial charge in [0, 0.05) is 6.54 Å². The van der Waals surface area contributed by atoms with Crippen LogP contribution in [0.4, 0.5) is 0 Å². The molecule has 0 aromatic carbocycles. The summed E-state index contributed by atoms with van der Waals surface area (Å²) in [5.41, 5.74) is 0. The summed E-state index contributed by atoms with van der Waals surface area (Å²) in [5.74, 6) is 0. The van der Waals surface area contributed by atoms with Crippen LogP contribution in [0.25, 0.3) is 0 Å². The summed E-state index contributed by atoms with van der Waals surface area (Å²) in [4.78, 5) is 2.06. The van der Waals surface area contributed by atoms with E-state index in [4.69, 9.17) is 0 Å². The Morgan fingerprint density at radius 2 is 2.17 bits per heavy atom. The summed E-state index contributed by atoms with van der Waals surface area (Å²) < 4.78 is 0. The third kappa shape index (κ3) is 3.70. The Balaban J connectivity index is 2.81. The van der Waals surface area contributed by atoms with Crippen molar-refractivity contribution in [3.05, 3.63) is 12.7 Å². The van der Waals surface area contributed by atoms with Crippen LogP contribution in [0.5, 0.6) is 0 Å². The van der Waals surface area contributed by atoms with Crippen molar-refractivity contribution in [3.63, 3.8) is 0 Å². The van der Waals surface area contributed by atoms with Gasteiger partial charge < -0.3 is 4.90 Å². The maximum Gasteiger partial charge on any atom is 0.0154 e. The first-order valence-corrected chi connectivity index (χ1v) is 2.03. The lowest BCUT2D eigenvalue weighted by Crippen LogP contribution is -2.09. The Labute approximate surface area is 39.3 Å². The summed E-state index contributed by atoms with van der Waals surface area (Å²) in [6.07, 6.45) is 1.88. The molecule has 0 aliphatic heterocycles. The van der Waals surface area contributed by atoms with E-state index in [2.05, 4.69) is 11.5 Å². The number of hydrogen-bond donors (Lipinski definition) is 0. The van der Waals surface area contributed by atoms with Gasteiger partial charge in [0.25, 0.3) is 0 Å². The van der Waals surface area contributed by atoms with Crippen LogP contribution in [-0.4, -0.2) is 25.5 Å². The second-order valence-electron chi connectivity index (χ2n) is 1.55. The lowest BCUT2D eigenvalue weighted by molar-refractivity contribution is 0.457. The molecule has 0 radical (unpaired) electrons. The number of likely N-dealkylation sites (N-methyl/N-ethyl adjacent to an activating group) is 1. The van der Waals surface area contributed by atoms with Crippen molar-refractivity contribution in [1.82, 2.24) is 4.90 Å². The van der Waals surface area contributed by atoms with Gasteiger partial charge in [-0.3, -0.25) is 0 Å². The van der Waals surface area contributed by atoms with E-state index in [1.165, 1.54) is 0 Å². The van der Waals surface area contributed by atoms with E-state index in [1.54, 1.807) is 0 Å². The minimum Gasteiger partial charge on any atom is -0.306 e. The predicted octanol–water partition coefficient (Wildman–Crippen LogP) is 0.734. The maximum atomic E-state index is 3.56. The Kier molecular flexibility index (Phi) is 2.77. The van der Waals surface area contributed by atoms with Crippen molar-refractivity contribution in [2.45, 2.75) is 0 Å². The van der Waals surface area contributed by atoms with Gasteiger partial charge in [-0.2, -0.15) is 0 Å². The van der Waals surface area contributed by atoms with Gasteiger partial charge in [0.1, 0.15) is 0 Å². The molecule has 1 heteroatoms. The third-order valence-corrected chi connectivity index (χ3v) is 0.494. The first kappa shape index (κ1) is 5.70. The average Bonchev–Trinajstić information content (AvgIpc) is 1.35. The Morgan fingerprint density at radius 1 is 1.67 bits per heavy atom. The van der Waals surface area contributed by atoms with Crippen molar-refractivity contribution in [3.8, 4) is 0 Å². The molecule has 0 N–H and O–H groups in total. The molecular formula is C5H11N. The maximum absolute atomic E-state index is 3.56. The fourth-order valence-electron chi connectivity index (χ4n) is 0.258. The summed E-state index contributed by atoms with van der Waals surface area (Å²) in [7, 11) is 4.03. The van der Waals surface area contributed by atoms with E-state index in [0.29, 0.717) is 0 Å². The topological polar surface area (TPSA) is 3.24 Å². The van der Waals surface area contributed by atoms with Gasteiger partial charge in [-0.15, -0.1) is 6.58 Å². The monoisotopic (exact) mass is 86.1 g/mol. The van der Waals surface area contributed by atoms with Gasteiger partial charge >= 0.3 is 0 Å². The fraction of sp³-hybridized carbons (Fsp3) is 0.600. The zero-order chi connectivity index (χ0) is 4.99. The summed E-state index contributed by atoms with van der Waals surface area (Å²) in [6, 6.07) is 0. The zero-order valence-corrected chi connectivity index (χ0v) is 4.44. The highest BCUT2D eigenvalue weighted by Gasteiger charge is 1.75. The highest BCUT2D eigenvalue weighted by molar-refractivity contribution is 4.68. The lowest BCUT2D eigenvalue weighted by atomic mass is 10.6. The van der Waals surface area contributed by atoms with Crippen LogP contribution in [0, 0.1) is 0 Å². The molecule has 0 unspecified atom stereocenters. The van der Waals surface area contributed by atoms with Crippen LogP contribution in [-0.2, 0) is 0 Å². The second kappa shape index (κ2) is 2.91. The van der Waals surface area contributed by atoms with Gasteiger partial charge in [0.15, 0.2) is 0 Å². The van der Waals surface area contributed by atoms with E-state index in [1.807, 2.05) is 20.2 Å². The minimum atomic E-state index is 0.972. The number of nitrogens with zero attached hydrogens (tertiary/aromatic N) is 1. The molecule has 0 bridgehead atoms. The Morgan fingerprint density at radius 3 is 2.17 bits per heavy atom. The Hall–Kier alpha value is -0.300. The quantitative estimate of drug-likeness (QED) is 0.354. The van der Waals surface area contributed by atoms with Gasteiger partial charge in [0.05, 0.1) is 0 Å². The number of hydrogen-bond acceptors (Lipinski definition) is 1. The van der Waals surface area contributed by atoms with E-state index in [9.17, 15) is 0 Å². The van der Waals surface area contributed by atoms with Crippen LogP contribution in [0.15, 0.2) is 12.7 Å². The van der Waals surface area contributed by atoms with Crippen LogP contribution in [0.3, 0.4) is 0 Å². The molecule has 0 heterocycles. The van der Waals surface area contributed by atoms with Gasteiger partial charge in [-0.05, 0) is 14.1 Å². The molecule has 0 fully saturated rings. The van der Waals surface area contributed by atoms with E-state index in [-0.39, 0.29) is 0 Å². The van der Waals surface area contributed by atoms with Crippen molar-refractivity contribution in [2.75, 3.05) is 20.6 Å². The lowest BCUT2D eigenvalue weighted by Gasteiger charge is -2.01. The zero-order valence-electron chi connectivity index (χ0n) is 4.44. The van der Waals surface area contributed by atoms with Crippen molar-refractivity contribution in [2.24, 2.45) is 0 Å². The summed E-state index contributed by atoms with van der Waals surface area (Å²) in [6.45, 7) is 4.53. The van der Waals surface area contributed by atoms with E-state index >= 15 is 0 Å². The molecule has 0 aromatic rings. The van der Waals surface area contributed by atoms with E-state index < -0.39 is 0 Å². The SMILES string of the molecule is C=CCN(C)[13CH3]. The smallest absolute Gasteiger partial charge is 0.0154 e.